The van der Waals surface area contributed by atoms with Crippen LogP contribution in [0.5, 0.6) is 0 Å². The molecule has 0 aliphatic heterocycles. The van der Waals surface area contributed by atoms with Crippen LogP contribution in [0.15, 0.2) is 34.9 Å². The van der Waals surface area contributed by atoms with Crippen LogP contribution < -0.4 is 0 Å². The van der Waals surface area contributed by atoms with E-state index in [4.69, 9.17) is 19.8 Å². The van der Waals surface area contributed by atoms with Gasteiger partial charge in [0, 0.05) is 35.4 Å². The molecule has 2 rings (SSSR count). The van der Waals surface area contributed by atoms with E-state index in [2.05, 4.69) is 39.1 Å². The largest absolute Gasteiger partial charge is 0.481 e. The second kappa shape index (κ2) is 8.30. The number of nitrogens with one attached hydrogen (secondary N) is 1. The second-order valence-electron chi connectivity index (χ2n) is 3.25. The lowest BCUT2D eigenvalue weighted by molar-refractivity contribution is -0.135. The summed E-state index contributed by atoms with van der Waals surface area (Å²) in [6.45, 7) is 2.17. The maximum absolute atomic E-state index is 9.00. The van der Waals surface area contributed by atoms with Gasteiger partial charge >= 0.3 is 0 Å². The number of carboxylic acid groups (broad SMARTS) is 2. The van der Waals surface area contributed by atoms with Crippen LogP contribution in [0.25, 0.3) is 10.9 Å². The lowest BCUT2D eigenvalue weighted by atomic mass is 10.3. The fourth-order valence-corrected chi connectivity index (χ4v) is 1.40. The van der Waals surface area contributed by atoms with Crippen molar-refractivity contribution in [2.75, 3.05) is 0 Å². The Morgan fingerprint density at radius 3 is 2.11 bits per heavy atom. The lowest BCUT2D eigenvalue weighted by Gasteiger charge is -1.88. The van der Waals surface area contributed by atoms with Gasteiger partial charge in [-0.1, -0.05) is 15.9 Å². The smallest absolute Gasteiger partial charge is 0.300 e. The van der Waals surface area contributed by atoms with Crippen LogP contribution in [0.2, 0.25) is 0 Å². The molecule has 0 fully saturated rings. The van der Waals surface area contributed by atoms with Crippen LogP contribution in [-0.4, -0.2) is 27.1 Å². The Hall–Kier alpha value is -1.82. The average Bonchev–Trinajstić information content (AvgIpc) is 2.62. The van der Waals surface area contributed by atoms with Crippen molar-refractivity contribution in [3.63, 3.8) is 0 Å². The van der Waals surface area contributed by atoms with Crippen LogP contribution in [0, 0.1) is 0 Å². The first-order chi connectivity index (χ1) is 8.32. The summed E-state index contributed by atoms with van der Waals surface area (Å²) in [5.74, 6) is -1.67. The molecule has 0 saturated carbocycles. The van der Waals surface area contributed by atoms with E-state index in [1.54, 1.807) is 0 Å². The highest BCUT2D eigenvalue weighted by molar-refractivity contribution is 9.10. The molecule has 0 unspecified atom stereocenters. The van der Waals surface area contributed by atoms with E-state index in [1.165, 1.54) is 10.9 Å². The van der Waals surface area contributed by atoms with E-state index in [9.17, 15) is 0 Å². The van der Waals surface area contributed by atoms with Crippen molar-refractivity contribution in [2.24, 2.45) is 0 Å². The molecule has 0 aliphatic rings. The molecule has 2 aromatic rings. The summed E-state index contributed by atoms with van der Waals surface area (Å²) >= 11 is 3.40. The Balaban J connectivity index is 0.000000307. The molecule has 0 aliphatic carbocycles. The number of aliphatic carboxylic acids is 2. The van der Waals surface area contributed by atoms with Gasteiger partial charge in [-0.05, 0) is 24.3 Å². The van der Waals surface area contributed by atoms with E-state index in [0.717, 1.165) is 18.3 Å². The number of carboxylic acids is 2. The SMILES string of the molecule is Brc1ccc2[nH]ccc2c1.CC(=O)O.CC(=O)O. The third-order valence-electron chi connectivity index (χ3n) is 1.52. The number of hydrogen-bond donors (Lipinski definition) is 3. The molecule has 6 heteroatoms. The molecule has 5 nitrogen and oxygen atoms in total. The zero-order chi connectivity index (χ0) is 14.1. The van der Waals surface area contributed by atoms with Crippen LogP contribution >= 0.6 is 15.9 Å². The third kappa shape index (κ3) is 8.35. The number of aromatic amines is 1. The van der Waals surface area contributed by atoms with Crippen molar-refractivity contribution in [1.82, 2.24) is 4.98 Å². The van der Waals surface area contributed by atoms with Gasteiger partial charge in [-0.15, -0.1) is 0 Å². The summed E-state index contributed by atoms with van der Waals surface area (Å²) in [5, 5.41) is 16.1. The zero-order valence-corrected chi connectivity index (χ0v) is 11.6. The standard InChI is InChI=1S/C8H6BrN.2C2H4O2/c9-7-1-2-8-6(5-7)3-4-10-8;2*1-2(3)4/h1-5,10H;2*1H3,(H,3,4). The van der Waals surface area contributed by atoms with Crippen molar-refractivity contribution in [1.29, 1.82) is 0 Å². The van der Waals surface area contributed by atoms with Crippen LogP contribution in [0.1, 0.15) is 13.8 Å². The van der Waals surface area contributed by atoms with Gasteiger partial charge in [0.1, 0.15) is 0 Å². The Morgan fingerprint density at radius 1 is 1.11 bits per heavy atom. The van der Waals surface area contributed by atoms with Crippen molar-refractivity contribution in [3.05, 3.63) is 34.9 Å². The first-order valence-electron chi connectivity index (χ1n) is 4.94. The normalized spacial score (nSPS) is 8.61. The minimum atomic E-state index is -0.833. The molecule has 1 heterocycles. The first-order valence-corrected chi connectivity index (χ1v) is 5.74. The molecule has 1 aromatic carbocycles. The fourth-order valence-electron chi connectivity index (χ4n) is 1.02. The third-order valence-corrected chi connectivity index (χ3v) is 2.01. The highest BCUT2D eigenvalue weighted by Gasteiger charge is 1.92. The number of fused-ring (bicyclic) bond motifs is 1. The monoisotopic (exact) mass is 315 g/mol. The van der Waals surface area contributed by atoms with Crippen molar-refractivity contribution in [3.8, 4) is 0 Å². The van der Waals surface area contributed by atoms with Gasteiger partial charge in [0.25, 0.3) is 11.9 Å². The van der Waals surface area contributed by atoms with Crippen molar-refractivity contribution in [2.45, 2.75) is 13.8 Å². The van der Waals surface area contributed by atoms with Gasteiger partial charge in [-0.25, -0.2) is 0 Å². The number of benzene rings is 1. The number of halogens is 1. The van der Waals surface area contributed by atoms with E-state index >= 15 is 0 Å². The molecule has 18 heavy (non-hydrogen) atoms. The van der Waals surface area contributed by atoms with Gasteiger partial charge in [0.15, 0.2) is 0 Å². The average molecular weight is 316 g/mol. The highest BCUT2D eigenvalue weighted by Crippen LogP contribution is 2.17. The quantitative estimate of drug-likeness (QED) is 0.696. The summed E-state index contributed by atoms with van der Waals surface area (Å²) in [5.41, 5.74) is 1.18. The topological polar surface area (TPSA) is 90.4 Å². The molecule has 98 valence electrons. The molecular weight excluding hydrogens is 302 g/mol. The number of hydrogen-bond acceptors (Lipinski definition) is 2. The predicted octanol–water partition coefficient (Wildman–Crippen LogP) is 3.11. The Labute approximate surface area is 113 Å². The van der Waals surface area contributed by atoms with Gasteiger partial charge in [0.2, 0.25) is 0 Å². The van der Waals surface area contributed by atoms with Crippen molar-refractivity contribution < 1.29 is 19.8 Å². The van der Waals surface area contributed by atoms with E-state index in [1.807, 2.05) is 12.3 Å². The molecule has 0 amide bonds. The van der Waals surface area contributed by atoms with Gasteiger partial charge in [-0.2, -0.15) is 0 Å². The van der Waals surface area contributed by atoms with Crippen LogP contribution in [0.4, 0.5) is 0 Å². The molecule has 0 atom stereocenters. The molecule has 1 aromatic heterocycles. The Bertz CT molecular complexity index is 502. The Morgan fingerprint density at radius 2 is 1.61 bits per heavy atom. The summed E-state index contributed by atoms with van der Waals surface area (Å²) < 4.78 is 1.12. The van der Waals surface area contributed by atoms with Crippen LogP contribution in [-0.2, 0) is 9.59 Å². The maximum Gasteiger partial charge on any atom is 0.300 e. The molecule has 3 N–H and O–H groups in total. The number of rotatable bonds is 0. The number of H-pyrrole nitrogens is 1. The minimum Gasteiger partial charge on any atom is -0.481 e. The summed E-state index contributed by atoms with van der Waals surface area (Å²) in [4.78, 5) is 21.1. The zero-order valence-electron chi connectivity index (χ0n) is 9.98. The molecule has 0 spiro atoms. The number of carbonyl (C=O) groups is 2. The summed E-state index contributed by atoms with van der Waals surface area (Å²) in [7, 11) is 0. The molecule has 0 saturated heterocycles. The summed E-state index contributed by atoms with van der Waals surface area (Å²) in [6, 6.07) is 8.23. The van der Waals surface area contributed by atoms with E-state index < -0.39 is 11.9 Å². The maximum atomic E-state index is 9.00. The molecule has 0 radical (unpaired) electrons. The lowest BCUT2D eigenvalue weighted by Crippen LogP contribution is -1.78. The van der Waals surface area contributed by atoms with E-state index in [0.29, 0.717) is 0 Å². The summed E-state index contributed by atoms with van der Waals surface area (Å²) in [6.07, 6.45) is 1.94. The molecular formula is C12H14BrNO4. The van der Waals surface area contributed by atoms with Crippen LogP contribution in [0.3, 0.4) is 0 Å². The highest BCUT2D eigenvalue weighted by atomic mass is 79.9. The van der Waals surface area contributed by atoms with Gasteiger partial charge in [-0.3, -0.25) is 9.59 Å². The fraction of sp³-hybridized carbons (Fsp3) is 0.167. The van der Waals surface area contributed by atoms with Gasteiger partial charge in [0.05, 0.1) is 0 Å². The predicted molar refractivity (Wildman–Crippen MR) is 72.6 cm³/mol. The van der Waals surface area contributed by atoms with E-state index in [-0.39, 0.29) is 0 Å². The second-order valence-corrected chi connectivity index (χ2v) is 4.16. The minimum absolute atomic E-state index is 0.833. The Kier molecular flexibility index (Phi) is 7.46. The number of aromatic nitrogens is 1. The molecule has 0 bridgehead atoms. The van der Waals surface area contributed by atoms with Crippen molar-refractivity contribution >= 4 is 38.8 Å². The first kappa shape index (κ1) is 16.2. The van der Waals surface area contributed by atoms with Gasteiger partial charge < -0.3 is 15.2 Å².